The molecular formula is C14H23N3O2S. The summed E-state index contributed by atoms with van der Waals surface area (Å²) in [6.07, 6.45) is 3.46. The summed E-state index contributed by atoms with van der Waals surface area (Å²) in [7, 11) is -1.93. The van der Waals surface area contributed by atoms with Gasteiger partial charge in [-0.05, 0) is 63.0 Å². The van der Waals surface area contributed by atoms with Crippen molar-refractivity contribution in [3.8, 4) is 0 Å². The zero-order valence-corrected chi connectivity index (χ0v) is 12.7. The average Bonchev–Trinajstić information content (AvgIpc) is 2.48. The Bertz CT molecular complexity index is 526. The molecule has 0 aliphatic carbocycles. The number of piperidine rings is 1. The molecule has 1 aliphatic rings. The fraction of sp³-hybridized carbons (Fsp3) is 0.571. The van der Waals surface area contributed by atoms with Gasteiger partial charge < -0.3 is 10.6 Å². The molecule has 1 fully saturated rings. The molecule has 0 amide bonds. The van der Waals surface area contributed by atoms with Crippen molar-refractivity contribution < 1.29 is 8.42 Å². The second kappa shape index (κ2) is 6.56. The Morgan fingerprint density at radius 2 is 2.05 bits per heavy atom. The summed E-state index contributed by atoms with van der Waals surface area (Å²) in [5, 5.41) is 0. The maximum absolute atomic E-state index is 11.7. The quantitative estimate of drug-likeness (QED) is 0.855. The molecule has 0 aromatic heterocycles. The van der Waals surface area contributed by atoms with Crippen LogP contribution >= 0.6 is 0 Å². The van der Waals surface area contributed by atoms with Crippen molar-refractivity contribution in [1.82, 2.24) is 4.72 Å². The Hall–Kier alpha value is -1.11. The lowest BCUT2D eigenvalue weighted by Gasteiger charge is -2.34. The van der Waals surface area contributed by atoms with Crippen molar-refractivity contribution in [1.29, 1.82) is 0 Å². The van der Waals surface area contributed by atoms with Gasteiger partial charge in [0.1, 0.15) is 0 Å². The molecule has 1 unspecified atom stereocenters. The van der Waals surface area contributed by atoms with Gasteiger partial charge in [-0.3, -0.25) is 0 Å². The third-order valence-corrected chi connectivity index (χ3v) is 5.31. The normalized spacial score (nSPS) is 20.1. The van der Waals surface area contributed by atoms with E-state index in [9.17, 15) is 8.42 Å². The number of benzene rings is 1. The molecule has 1 aliphatic heterocycles. The third kappa shape index (κ3) is 3.50. The highest BCUT2D eigenvalue weighted by Gasteiger charge is 2.20. The summed E-state index contributed by atoms with van der Waals surface area (Å²) in [5.41, 5.74) is 6.72. The highest BCUT2D eigenvalue weighted by molar-refractivity contribution is 7.89. The first kappa shape index (κ1) is 15.3. The Morgan fingerprint density at radius 3 is 2.65 bits per heavy atom. The fourth-order valence-corrected chi connectivity index (χ4v) is 3.45. The summed E-state index contributed by atoms with van der Waals surface area (Å²) >= 11 is 0. The number of nitrogens with two attached hydrogens (primary N) is 1. The molecule has 0 spiro atoms. The van der Waals surface area contributed by atoms with Crippen LogP contribution in [0, 0.1) is 5.92 Å². The van der Waals surface area contributed by atoms with E-state index in [1.54, 1.807) is 12.1 Å². The molecular weight excluding hydrogens is 274 g/mol. The Morgan fingerprint density at radius 1 is 1.35 bits per heavy atom. The summed E-state index contributed by atoms with van der Waals surface area (Å²) in [5.74, 6) is 0.648. The van der Waals surface area contributed by atoms with Crippen molar-refractivity contribution in [3.05, 3.63) is 24.3 Å². The maximum Gasteiger partial charge on any atom is 0.240 e. The van der Waals surface area contributed by atoms with Gasteiger partial charge in [-0.2, -0.15) is 0 Å². The highest BCUT2D eigenvalue weighted by Crippen LogP contribution is 2.25. The molecule has 5 nitrogen and oxygen atoms in total. The minimum absolute atomic E-state index is 0.305. The molecule has 1 saturated heterocycles. The van der Waals surface area contributed by atoms with E-state index >= 15 is 0 Å². The van der Waals surface area contributed by atoms with Gasteiger partial charge in [-0.1, -0.05) is 0 Å². The van der Waals surface area contributed by atoms with E-state index in [4.69, 9.17) is 5.73 Å². The largest absolute Gasteiger partial charge is 0.371 e. The van der Waals surface area contributed by atoms with E-state index in [-0.39, 0.29) is 0 Å². The van der Waals surface area contributed by atoms with Gasteiger partial charge in [-0.25, -0.2) is 13.1 Å². The lowest BCUT2D eigenvalue weighted by atomic mass is 9.94. The van der Waals surface area contributed by atoms with Gasteiger partial charge >= 0.3 is 0 Å². The standard InChI is InChI=1S/C14H23N3O2S/c1-16-20(18,19)14-6-4-13(5-7-14)17-10-2-3-12(11-17)8-9-15/h4-7,12,16H,2-3,8-11,15H2,1H3. The molecule has 0 saturated carbocycles. The van der Waals surface area contributed by atoms with Gasteiger partial charge in [0.05, 0.1) is 4.90 Å². The number of nitrogens with zero attached hydrogens (tertiary/aromatic N) is 1. The summed E-state index contributed by atoms with van der Waals surface area (Å²) in [6, 6.07) is 7.09. The van der Waals surface area contributed by atoms with Crippen molar-refractivity contribution in [3.63, 3.8) is 0 Å². The average molecular weight is 297 g/mol. The van der Waals surface area contributed by atoms with E-state index in [1.165, 1.54) is 19.9 Å². The molecule has 112 valence electrons. The van der Waals surface area contributed by atoms with Crippen LogP contribution in [0.25, 0.3) is 0 Å². The van der Waals surface area contributed by atoms with Gasteiger partial charge in [0.2, 0.25) is 10.0 Å². The number of hydrogen-bond acceptors (Lipinski definition) is 4. The number of rotatable bonds is 5. The monoisotopic (exact) mass is 297 g/mol. The van der Waals surface area contributed by atoms with Crippen molar-refractivity contribution >= 4 is 15.7 Å². The molecule has 1 aromatic carbocycles. The molecule has 0 radical (unpaired) electrons. The predicted molar refractivity (Wildman–Crippen MR) is 81.3 cm³/mol. The van der Waals surface area contributed by atoms with E-state index in [0.29, 0.717) is 10.8 Å². The Labute approximate surface area is 121 Å². The number of anilines is 1. The highest BCUT2D eigenvalue weighted by atomic mass is 32.2. The second-order valence-corrected chi connectivity index (χ2v) is 7.12. The first-order valence-electron chi connectivity index (χ1n) is 7.05. The van der Waals surface area contributed by atoms with E-state index in [0.717, 1.165) is 31.7 Å². The van der Waals surface area contributed by atoms with Crippen LogP contribution in [-0.2, 0) is 10.0 Å². The topological polar surface area (TPSA) is 75.4 Å². The molecule has 20 heavy (non-hydrogen) atoms. The van der Waals surface area contributed by atoms with Crippen LogP contribution < -0.4 is 15.4 Å². The molecule has 2 rings (SSSR count). The summed E-state index contributed by atoms with van der Waals surface area (Å²) in [6.45, 7) is 2.77. The zero-order valence-electron chi connectivity index (χ0n) is 11.9. The molecule has 0 bridgehead atoms. The van der Waals surface area contributed by atoms with Gasteiger partial charge in [-0.15, -0.1) is 0 Å². The molecule has 1 heterocycles. The van der Waals surface area contributed by atoms with Crippen molar-refractivity contribution in [2.75, 3.05) is 31.6 Å². The summed E-state index contributed by atoms with van der Waals surface area (Å²) in [4.78, 5) is 2.62. The van der Waals surface area contributed by atoms with E-state index in [2.05, 4.69) is 9.62 Å². The maximum atomic E-state index is 11.7. The molecule has 1 aromatic rings. The predicted octanol–water partition coefficient (Wildman–Crippen LogP) is 1.16. The van der Waals surface area contributed by atoms with Crippen LogP contribution in [0.5, 0.6) is 0 Å². The smallest absolute Gasteiger partial charge is 0.240 e. The number of hydrogen-bond donors (Lipinski definition) is 2. The van der Waals surface area contributed by atoms with Crippen molar-refractivity contribution in [2.24, 2.45) is 11.7 Å². The fourth-order valence-electron chi connectivity index (χ4n) is 2.72. The number of sulfonamides is 1. The third-order valence-electron chi connectivity index (χ3n) is 3.87. The van der Waals surface area contributed by atoms with E-state index in [1.807, 2.05) is 12.1 Å². The minimum Gasteiger partial charge on any atom is -0.371 e. The molecule has 3 N–H and O–H groups in total. The second-order valence-electron chi connectivity index (χ2n) is 5.23. The first-order valence-corrected chi connectivity index (χ1v) is 8.54. The van der Waals surface area contributed by atoms with Gasteiger partial charge in [0.15, 0.2) is 0 Å². The number of nitrogens with one attached hydrogen (secondary N) is 1. The van der Waals surface area contributed by atoms with E-state index < -0.39 is 10.0 Å². The molecule has 6 heteroatoms. The van der Waals surface area contributed by atoms with Crippen LogP contribution in [0.3, 0.4) is 0 Å². The lowest BCUT2D eigenvalue weighted by Crippen LogP contribution is -2.36. The van der Waals surface area contributed by atoms with Crippen LogP contribution in [0.15, 0.2) is 29.2 Å². The van der Waals surface area contributed by atoms with Gasteiger partial charge in [0, 0.05) is 18.8 Å². The first-order chi connectivity index (χ1) is 9.56. The van der Waals surface area contributed by atoms with Crippen molar-refractivity contribution in [2.45, 2.75) is 24.2 Å². The Kier molecular flexibility index (Phi) is 5.01. The Balaban J connectivity index is 2.10. The van der Waals surface area contributed by atoms with Gasteiger partial charge in [0.25, 0.3) is 0 Å². The van der Waals surface area contributed by atoms with Crippen LogP contribution in [0.2, 0.25) is 0 Å². The molecule has 1 atom stereocenters. The zero-order chi connectivity index (χ0) is 14.6. The minimum atomic E-state index is -3.35. The van der Waals surface area contributed by atoms with Crippen LogP contribution in [0.1, 0.15) is 19.3 Å². The summed E-state index contributed by atoms with van der Waals surface area (Å²) < 4.78 is 25.7. The lowest BCUT2D eigenvalue weighted by molar-refractivity contribution is 0.396. The SMILES string of the molecule is CNS(=O)(=O)c1ccc(N2CCCC(CCN)C2)cc1. The van der Waals surface area contributed by atoms with Crippen LogP contribution in [-0.4, -0.2) is 35.1 Å². The van der Waals surface area contributed by atoms with Crippen LogP contribution in [0.4, 0.5) is 5.69 Å².